The zero-order valence-electron chi connectivity index (χ0n) is 17.7. The third kappa shape index (κ3) is 6.37. The first-order valence-electron chi connectivity index (χ1n) is 10.2. The number of nitriles is 1. The second-order valence-electron chi connectivity index (χ2n) is 6.86. The highest BCUT2D eigenvalue weighted by Gasteiger charge is 2.11. The predicted octanol–water partition coefficient (Wildman–Crippen LogP) is 5.54. The Morgan fingerprint density at radius 2 is 1.78 bits per heavy atom. The monoisotopic (exact) mass is 446 g/mol. The highest BCUT2D eigenvalue weighted by atomic mass is 35.5. The van der Waals surface area contributed by atoms with Gasteiger partial charge in [-0.25, -0.2) is 0 Å². The number of hydrogen-bond acceptors (Lipinski definition) is 4. The molecule has 3 aromatic carbocycles. The number of hydrogen-bond donors (Lipinski definition) is 1. The van der Waals surface area contributed by atoms with E-state index in [1.54, 1.807) is 18.2 Å². The molecule has 0 aliphatic rings. The molecule has 1 amide bonds. The molecular formula is C26H23ClN2O3. The molecule has 3 aromatic rings. The van der Waals surface area contributed by atoms with Crippen LogP contribution in [0.5, 0.6) is 11.5 Å². The molecule has 32 heavy (non-hydrogen) atoms. The summed E-state index contributed by atoms with van der Waals surface area (Å²) in [7, 11) is 0. The SMILES string of the molecule is CCOc1cc(C=C(C#N)C(=O)NCc2ccccc2)ccc1OCc1ccccc1Cl. The summed E-state index contributed by atoms with van der Waals surface area (Å²) in [5.74, 6) is 0.639. The highest BCUT2D eigenvalue weighted by molar-refractivity contribution is 6.31. The smallest absolute Gasteiger partial charge is 0.262 e. The van der Waals surface area contributed by atoms with E-state index in [4.69, 9.17) is 21.1 Å². The van der Waals surface area contributed by atoms with Crippen LogP contribution in [-0.2, 0) is 17.9 Å². The normalized spacial score (nSPS) is 10.8. The van der Waals surface area contributed by atoms with Crippen LogP contribution in [0.4, 0.5) is 0 Å². The minimum absolute atomic E-state index is 0.00751. The van der Waals surface area contributed by atoms with Crippen molar-refractivity contribution in [3.05, 3.63) is 100 Å². The van der Waals surface area contributed by atoms with Crippen molar-refractivity contribution in [3.8, 4) is 17.6 Å². The van der Waals surface area contributed by atoms with Gasteiger partial charge in [0.2, 0.25) is 0 Å². The van der Waals surface area contributed by atoms with Gasteiger partial charge < -0.3 is 14.8 Å². The lowest BCUT2D eigenvalue weighted by Gasteiger charge is -2.13. The molecule has 0 radical (unpaired) electrons. The van der Waals surface area contributed by atoms with Crippen LogP contribution in [0.1, 0.15) is 23.6 Å². The molecule has 0 aliphatic carbocycles. The van der Waals surface area contributed by atoms with Gasteiger partial charge in [0.1, 0.15) is 18.2 Å². The Bertz CT molecular complexity index is 1140. The van der Waals surface area contributed by atoms with Crippen molar-refractivity contribution in [1.29, 1.82) is 5.26 Å². The van der Waals surface area contributed by atoms with Gasteiger partial charge in [-0.15, -0.1) is 0 Å². The number of carbonyl (C=O) groups excluding carboxylic acids is 1. The van der Waals surface area contributed by atoms with E-state index < -0.39 is 5.91 Å². The van der Waals surface area contributed by atoms with Gasteiger partial charge in [-0.05, 0) is 42.3 Å². The Hall–Kier alpha value is -3.75. The van der Waals surface area contributed by atoms with E-state index in [0.717, 1.165) is 11.1 Å². The minimum atomic E-state index is -0.437. The summed E-state index contributed by atoms with van der Waals surface area (Å²) < 4.78 is 11.6. The van der Waals surface area contributed by atoms with Gasteiger partial charge in [0.15, 0.2) is 11.5 Å². The highest BCUT2D eigenvalue weighted by Crippen LogP contribution is 2.30. The van der Waals surface area contributed by atoms with E-state index in [1.807, 2.05) is 67.6 Å². The van der Waals surface area contributed by atoms with E-state index in [2.05, 4.69) is 5.32 Å². The van der Waals surface area contributed by atoms with Crippen LogP contribution in [0.15, 0.2) is 78.4 Å². The van der Waals surface area contributed by atoms with E-state index in [9.17, 15) is 10.1 Å². The third-order valence-electron chi connectivity index (χ3n) is 4.58. The molecule has 0 unspecified atom stereocenters. The number of nitrogens with zero attached hydrogens (tertiary/aromatic N) is 1. The first-order valence-corrected chi connectivity index (χ1v) is 10.6. The average molecular weight is 447 g/mol. The summed E-state index contributed by atoms with van der Waals surface area (Å²) in [6, 6.07) is 24.2. The van der Waals surface area contributed by atoms with Gasteiger partial charge in [-0.2, -0.15) is 5.26 Å². The van der Waals surface area contributed by atoms with Gasteiger partial charge in [0.05, 0.1) is 6.61 Å². The van der Waals surface area contributed by atoms with Crippen molar-refractivity contribution < 1.29 is 14.3 Å². The fourth-order valence-corrected chi connectivity index (χ4v) is 3.15. The second kappa shape index (κ2) is 11.6. The van der Waals surface area contributed by atoms with Crippen molar-refractivity contribution in [2.24, 2.45) is 0 Å². The number of amides is 1. The van der Waals surface area contributed by atoms with Crippen molar-refractivity contribution in [1.82, 2.24) is 5.32 Å². The van der Waals surface area contributed by atoms with E-state index in [1.165, 1.54) is 6.08 Å². The first-order chi connectivity index (χ1) is 15.6. The zero-order valence-corrected chi connectivity index (χ0v) is 18.4. The summed E-state index contributed by atoms with van der Waals surface area (Å²) in [5.41, 5.74) is 2.48. The molecule has 0 spiro atoms. The zero-order chi connectivity index (χ0) is 22.8. The van der Waals surface area contributed by atoms with Crippen LogP contribution in [-0.4, -0.2) is 12.5 Å². The number of carbonyl (C=O) groups is 1. The maximum absolute atomic E-state index is 12.5. The second-order valence-corrected chi connectivity index (χ2v) is 7.26. The lowest BCUT2D eigenvalue weighted by Crippen LogP contribution is -2.23. The quantitative estimate of drug-likeness (QED) is 0.346. The molecule has 0 fully saturated rings. The van der Waals surface area contributed by atoms with Gasteiger partial charge in [0.25, 0.3) is 5.91 Å². The molecule has 0 atom stereocenters. The molecule has 6 heteroatoms. The predicted molar refractivity (Wildman–Crippen MR) is 125 cm³/mol. The topological polar surface area (TPSA) is 71.3 Å². The summed E-state index contributed by atoms with van der Waals surface area (Å²) in [5, 5.41) is 12.9. The Labute approximate surface area is 192 Å². The summed E-state index contributed by atoms with van der Waals surface area (Å²) in [6.45, 7) is 2.95. The minimum Gasteiger partial charge on any atom is -0.490 e. The molecule has 3 rings (SSSR count). The Balaban J connectivity index is 1.73. The lowest BCUT2D eigenvalue weighted by atomic mass is 10.1. The van der Waals surface area contributed by atoms with Crippen LogP contribution in [0.25, 0.3) is 6.08 Å². The Morgan fingerprint density at radius 1 is 1.03 bits per heavy atom. The summed E-state index contributed by atoms with van der Waals surface area (Å²) in [6.07, 6.45) is 1.53. The van der Waals surface area contributed by atoms with Gasteiger partial charge in [0, 0.05) is 17.1 Å². The molecule has 0 aliphatic heterocycles. The van der Waals surface area contributed by atoms with Crippen molar-refractivity contribution in [2.75, 3.05) is 6.61 Å². The molecule has 0 heterocycles. The van der Waals surface area contributed by atoms with Gasteiger partial charge in [-0.1, -0.05) is 66.2 Å². The molecule has 5 nitrogen and oxygen atoms in total. The molecule has 0 bridgehead atoms. The standard InChI is InChI=1S/C26H23ClN2O3/c1-2-31-25-15-20(12-13-24(25)32-18-21-10-6-7-11-23(21)27)14-22(16-28)26(30)29-17-19-8-4-3-5-9-19/h3-15H,2,17-18H2,1H3,(H,29,30). The van der Waals surface area contributed by atoms with Gasteiger partial charge >= 0.3 is 0 Å². The maximum atomic E-state index is 12.5. The number of benzene rings is 3. The van der Waals surface area contributed by atoms with Crippen molar-refractivity contribution in [2.45, 2.75) is 20.1 Å². The maximum Gasteiger partial charge on any atom is 0.262 e. The molecule has 1 N–H and O–H groups in total. The number of halogens is 1. The lowest BCUT2D eigenvalue weighted by molar-refractivity contribution is -0.117. The Kier molecular flexibility index (Phi) is 8.30. The van der Waals surface area contributed by atoms with Crippen LogP contribution in [0.3, 0.4) is 0 Å². The van der Waals surface area contributed by atoms with Crippen molar-refractivity contribution in [3.63, 3.8) is 0 Å². The van der Waals surface area contributed by atoms with E-state index in [-0.39, 0.29) is 5.57 Å². The first kappa shape index (κ1) is 22.9. The molecule has 0 saturated carbocycles. The van der Waals surface area contributed by atoms with Gasteiger partial charge in [-0.3, -0.25) is 4.79 Å². The number of rotatable bonds is 9. The van der Waals surface area contributed by atoms with Crippen LogP contribution >= 0.6 is 11.6 Å². The summed E-state index contributed by atoms with van der Waals surface area (Å²) >= 11 is 6.20. The van der Waals surface area contributed by atoms with Crippen molar-refractivity contribution >= 4 is 23.6 Å². The Morgan fingerprint density at radius 3 is 2.50 bits per heavy atom. The summed E-state index contributed by atoms with van der Waals surface area (Å²) in [4.78, 5) is 12.5. The van der Waals surface area contributed by atoms with Crippen LogP contribution in [0.2, 0.25) is 5.02 Å². The molecule has 162 valence electrons. The fourth-order valence-electron chi connectivity index (χ4n) is 2.96. The largest absolute Gasteiger partial charge is 0.490 e. The molecule has 0 aromatic heterocycles. The number of nitrogens with one attached hydrogen (secondary N) is 1. The molecular weight excluding hydrogens is 424 g/mol. The third-order valence-corrected chi connectivity index (χ3v) is 4.95. The van der Waals surface area contributed by atoms with Crippen LogP contribution in [0, 0.1) is 11.3 Å². The fraction of sp³-hybridized carbons (Fsp3) is 0.154. The number of ether oxygens (including phenoxy) is 2. The molecule has 0 saturated heterocycles. The van der Waals surface area contributed by atoms with Crippen LogP contribution < -0.4 is 14.8 Å². The average Bonchev–Trinajstić information content (AvgIpc) is 2.82. The van der Waals surface area contributed by atoms with E-state index in [0.29, 0.717) is 41.8 Å². The van der Waals surface area contributed by atoms with E-state index >= 15 is 0 Å².